The molecule has 0 fully saturated rings. The lowest BCUT2D eigenvalue weighted by atomic mass is 10.1. The number of thioether (sulfide) groups is 1. The SMILES string of the molecule is O=C(CSCc1ccc(Cl)cc1)Nc1ccc([O-])cc1C(=O)O. The number of hydrogen-bond donors (Lipinski definition) is 2. The zero-order valence-electron chi connectivity index (χ0n) is 11.9. The van der Waals surface area contributed by atoms with E-state index in [-0.39, 0.29) is 22.9 Å². The van der Waals surface area contributed by atoms with E-state index in [0.29, 0.717) is 10.8 Å². The summed E-state index contributed by atoms with van der Waals surface area (Å²) in [4.78, 5) is 23.0. The first kappa shape index (κ1) is 17.2. The maximum atomic E-state index is 11.9. The van der Waals surface area contributed by atoms with Gasteiger partial charge in [-0.05, 0) is 23.8 Å². The number of amides is 1. The van der Waals surface area contributed by atoms with Gasteiger partial charge >= 0.3 is 5.97 Å². The third-order valence-electron chi connectivity index (χ3n) is 2.91. The molecule has 0 aliphatic heterocycles. The summed E-state index contributed by atoms with van der Waals surface area (Å²) in [5.41, 5.74) is 0.942. The van der Waals surface area contributed by atoms with E-state index in [4.69, 9.17) is 16.7 Å². The van der Waals surface area contributed by atoms with Gasteiger partial charge < -0.3 is 15.5 Å². The van der Waals surface area contributed by atoms with Crippen LogP contribution >= 0.6 is 23.4 Å². The van der Waals surface area contributed by atoms with Crippen LogP contribution in [0.25, 0.3) is 0 Å². The Kier molecular flexibility index (Phi) is 5.90. The highest BCUT2D eigenvalue weighted by atomic mass is 35.5. The van der Waals surface area contributed by atoms with Crippen molar-refractivity contribution in [2.45, 2.75) is 5.75 Å². The average molecular weight is 351 g/mol. The summed E-state index contributed by atoms with van der Waals surface area (Å²) in [6, 6.07) is 10.8. The van der Waals surface area contributed by atoms with Gasteiger partial charge in [-0.1, -0.05) is 35.9 Å². The highest BCUT2D eigenvalue weighted by Crippen LogP contribution is 2.21. The summed E-state index contributed by atoms with van der Waals surface area (Å²) in [7, 11) is 0. The number of aromatic carboxylic acids is 1. The molecule has 2 rings (SSSR count). The lowest BCUT2D eigenvalue weighted by Crippen LogP contribution is -2.17. The van der Waals surface area contributed by atoms with E-state index in [0.717, 1.165) is 11.6 Å². The van der Waals surface area contributed by atoms with E-state index >= 15 is 0 Å². The molecule has 0 radical (unpaired) electrons. The molecule has 0 heterocycles. The fraction of sp³-hybridized carbons (Fsp3) is 0.125. The Morgan fingerprint density at radius 1 is 1.17 bits per heavy atom. The van der Waals surface area contributed by atoms with Crippen molar-refractivity contribution in [3.63, 3.8) is 0 Å². The molecule has 7 heteroatoms. The monoisotopic (exact) mass is 350 g/mol. The van der Waals surface area contributed by atoms with Crippen LogP contribution in [0.3, 0.4) is 0 Å². The van der Waals surface area contributed by atoms with Crippen molar-refractivity contribution in [1.29, 1.82) is 0 Å². The molecule has 0 bridgehead atoms. The number of hydrogen-bond acceptors (Lipinski definition) is 4. The van der Waals surface area contributed by atoms with E-state index in [2.05, 4.69) is 5.32 Å². The minimum atomic E-state index is -1.26. The summed E-state index contributed by atoms with van der Waals surface area (Å²) in [6.45, 7) is 0. The Morgan fingerprint density at radius 2 is 1.87 bits per heavy atom. The van der Waals surface area contributed by atoms with Crippen LogP contribution in [0.15, 0.2) is 42.5 Å². The molecule has 0 spiro atoms. The quantitative estimate of drug-likeness (QED) is 0.836. The fourth-order valence-electron chi connectivity index (χ4n) is 1.84. The molecule has 0 saturated carbocycles. The third-order valence-corrected chi connectivity index (χ3v) is 4.17. The van der Waals surface area contributed by atoms with Gasteiger partial charge in [0, 0.05) is 10.8 Å². The highest BCUT2D eigenvalue weighted by Gasteiger charge is 2.12. The lowest BCUT2D eigenvalue weighted by molar-refractivity contribution is -0.268. The van der Waals surface area contributed by atoms with Gasteiger partial charge in [-0.15, -0.1) is 17.5 Å². The minimum Gasteiger partial charge on any atom is -0.872 e. The first-order valence-electron chi connectivity index (χ1n) is 6.62. The predicted octanol–water partition coefficient (Wildman–Crippen LogP) is 2.98. The second kappa shape index (κ2) is 7.89. The summed E-state index contributed by atoms with van der Waals surface area (Å²) in [6.07, 6.45) is 0. The number of benzene rings is 2. The topological polar surface area (TPSA) is 89.5 Å². The van der Waals surface area contributed by atoms with Gasteiger partial charge in [-0.2, -0.15) is 0 Å². The molecule has 1 amide bonds. The van der Waals surface area contributed by atoms with Gasteiger partial charge in [0.05, 0.1) is 17.0 Å². The molecular formula is C16H13ClNO4S-. The molecule has 0 aliphatic carbocycles. The van der Waals surface area contributed by atoms with E-state index in [9.17, 15) is 14.7 Å². The van der Waals surface area contributed by atoms with Crippen LogP contribution in [0.2, 0.25) is 5.02 Å². The van der Waals surface area contributed by atoms with Crippen LogP contribution in [0, 0.1) is 0 Å². The summed E-state index contributed by atoms with van der Waals surface area (Å²) < 4.78 is 0. The number of anilines is 1. The second-order valence-corrected chi connectivity index (χ2v) is 6.10. The van der Waals surface area contributed by atoms with Gasteiger partial charge in [-0.3, -0.25) is 4.79 Å². The standard InChI is InChI=1S/C16H14ClNO4S/c17-11-3-1-10(2-4-11)8-23-9-15(20)18-14-6-5-12(19)7-13(14)16(21)22/h1-7,19H,8-9H2,(H,18,20)(H,21,22)/p-1. The molecule has 120 valence electrons. The maximum Gasteiger partial charge on any atom is 0.337 e. The smallest absolute Gasteiger partial charge is 0.337 e. The molecule has 5 nitrogen and oxygen atoms in total. The van der Waals surface area contributed by atoms with Crippen molar-refractivity contribution in [3.8, 4) is 5.75 Å². The second-order valence-electron chi connectivity index (χ2n) is 4.68. The van der Waals surface area contributed by atoms with Crippen LogP contribution in [-0.4, -0.2) is 22.7 Å². The van der Waals surface area contributed by atoms with Crippen LogP contribution in [0.4, 0.5) is 5.69 Å². The van der Waals surface area contributed by atoms with E-state index < -0.39 is 11.7 Å². The Labute approximate surface area is 142 Å². The van der Waals surface area contributed by atoms with E-state index in [1.54, 1.807) is 12.1 Å². The Bertz CT molecular complexity index is 719. The number of rotatable bonds is 6. The number of carboxylic acid groups (broad SMARTS) is 1. The molecule has 0 aliphatic rings. The molecule has 0 saturated heterocycles. The Morgan fingerprint density at radius 3 is 2.52 bits per heavy atom. The number of carbonyl (C=O) groups excluding carboxylic acids is 1. The first-order valence-corrected chi connectivity index (χ1v) is 8.15. The molecule has 23 heavy (non-hydrogen) atoms. The van der Waals surface area contributed by atoms with Gasteiger partial charge in [0.2, 0.25) is 5.91 Å². The molecule has 2 N–H and O–H groups in total. The molecule has 2 aromatic rings. The maximum absolute atomic E-state index is 11.9. The molecule has 0 aromatic heterocycles. The molecular weight excluding hydrogens is 338 g/mol. The van der Waals surface area contributed by atoms with Crippen molar-refractivity contribution in [3.05, 3.63) is 58.6 Å². The largest absolute Gasteiger partial charge is 0.872 e. The predicted molar refractivity (Wildman–Crippen MR) is 89.1 cm³/mol. The van der Waals surface area contributed by atoms with Crippen molar-refractivity contribution < 1.29 is 19.8 Å². The summed E-state index contributed by atoms with van der Waals surface area (Å²) in [5, 5.41) is 23.4. The number of nitrogens with one attached hydrogen (secondary N) is 1. The summed E-state index contributed by atoms with van der Waals surface area (Å²) in [5.74, 6) is -1.20. The number of halogens is 1. The third kappa shape index (κ3) is 5.19. The van der Waals surface area contributed by atoms with Crippen molar-refractivity contribution >= 4 is 40.9 Å². The van der Waals surface area contributed by atoms with Gasteiger partial charge in [0.1, 0.15) is 0 Å². The van der Waals surface area contributed by atoms with Crippen LogP contribution in [0.1, 0.15) is 15.9 Å². The van der Waals surface area contributed by atoms with Gasteiger partial charge in [0.25, 0.3) is 0 Å². The number of carboxylic acids is 1. The average Bonchev–Trinajstić information content (AvgIpc) is 2.51. The zero-order valence-corrected chi connectivity index (χ0v) is 13.5. The normalized spacial score (nSPS) is 10.3. The van der Waals surface area contributed by atoms with Crippen molar-refractivity contribution in [2.75, 3.05) is 11.1 Å². The highest BCUT2D eigenvalue weighted by molar-refractivity contribution is 7.99. The molecule has 0 unspecified atom stereocenters. The Hall–Kier alpha value is -2.18. The number of carbonyl (C=O) groups is 2. The first-order chi connectivity index (χ1) is 11.0. The Balaban J connectivity index is 1.90. The fourth-order valence-corrected chi connectivity index (χ4v) is 2.75. The summed E-state index contributed by atoms with van der Waals surface area (Å²) >= 11 is 7.19. The van der Waals surface area contributed by atoms with Gasteiger partial charge in [-0.25, -0.2) is 4.79 Å². The van der Waals surface area contributed by atoms with E-state index in [1.165, 1.54) is 23.9 Å². The van der Waals surface area contributed by atoms with Crippen LogP contribution in [0.5, 0.6) is 5.75 Å². The van der Waals surface area contributed by atoms with Crippen LogP contribution in [-0.2, 0) is 10.5 Å². The van der Waals surface area contributed by atoms with Crippen molar-refractivity contribution in [1.82, 2.24) is 0 Å². The molecule has 0 atom stereocenters. The van der Waals surface area contributed by atoms with Crippen LogP contribution < -0.4 is 10.4 Å². The zero-order chi connectivity index (χ0) is 16.8. The lowest BCUT2D eigenvalue weighted by Gasteiger charge is -2.12. The van der Waals surface area contributed by atoms with Crippen molar-refractivity contribution in [2.24, 2.45) is 0 Å². The molecule has 2 aromatic carbocycles. The van der Waals surface area contributed by atoms with E-state index in [1.807, 2.05) is 12.1 Å². The minimum absolute atomic E-state index is 0.120. The van der Waals surface area contributed by atoms with Gasteiger partial charge in [0.15, 0.2) is 0 Å².